The lowest BCUT2D eigenvalue weighted by Gasteiger charge is -2.27. The molecule has 0 amide bonds. The highest BCUT2D eigenvalue weighted by Gasteiger charge is 2.36. The van der Waals surface area contributed by atoms with E-state index in [-0.39, 0.29) is 6.54 Å². The number of sulfonamides is 1. The molecule has 0 N–H and O–H groups in total. The van der Waals surface area contributed by atoms with Gasteiger partial charge >= 0.3 is 0 Å². The fourth-order valence-electron chi connectivity index (χ4n) is 3.37. The van der Waals surface area contributed by atoms with E-state index in [2.05, 4.69) is 37.7 Å². The van der Waals surface area contributed by atoms with Gasteiger partial charge in [0.2, 0.25) is 10.0 Å². The smallest absolute Gasteiger partial charge is 0.211 e. The first-order valence-corrected chi connectivity index (χ1v) is 10.3. The van der Waals surface area contributed by atoms with E-state index in [0.717, 1.165) is 25.4 Å². The third-order valence-electron chi connectivity index (χ3n) is 4.97. The van der Waals surface area contributed by atoms with Crippen LogP contribution < -0.4 is 0 Å². The maximum Gasteiger partial charge on any atom is 0.211 e. The molecule has 0 unspecified atom stereocenters. The molecule has 138 valence electrons. The summed E-state index contributed by atoms with van der Waals surface area (Å²) in [5, 5.41) is 0. The van der Waals surface area contributed by atoms with Gasteiger partial charge in [0.05, 0.1) is 19.3 Å². The number of rotatable bonds is 7. The SMILES string of the molecule is CC(C)[C@@H]1CN(Cc2ccc(CN(C)S(C)(=O)=O)o2)C[C@H]1N(C)C. The van der Waals surface area contributed by atoms with Crippen molar-refractivity contribution in [2.45, 2.75) is 33.0 Å². The molecular weight excluding hydrogens is 326 g/mol. The molecule has 0 bridgehead atoms. The van der Waals surface area contributed by atoms with Crippen molar-refractivity contribution in [3.05, 3.63) is 23.7 Å². The minimum atomic E-state index is -3.19. The summed E-state index contributed by atoms with van der Waals surface area (Å²) >= 11 is 0. The van der Waals surface area contributed by atoms with Crippen molar-refractivity contribution in [3.63, 3.8) is 0 Å². The molecule has 7 heteroatoms. The van der Waals surface area contributed by atoms with Gasteiger partial charge in [-0.1, -0.05) is 13.8 Å². The molecule has 2 heterocycles. The van der Waals surface area contributed by atoms with Gasteiger partial charge in [0.15, 0.2) is 0 Å². The largest absolute Gasteiger partial charge is 0.463 e. The lowest BCUT2D eigenvalue weighted by Crippen LogP contribution is -2.37. The van der Waals surface area contributed by atoms with Crippen LogP contribution in [0.4, 0.5) is 0 Å². The first-order valence-electron chi connectivity index (χ1n) is 8.45. The van der Waals surface area contributed by atoms with E-state index in [4.69, 9.17) is 4.42 Å². The van der Waals surface area contributed by atoms with Crippen molar-refractivity contribution in [2.24, 2.45) is 11.8 Å². The van der Waals surface area contributed by atoms with Crippen LogP contribution in [0.25, 0.3) is 0 Å². The number of likely N-dealkylation sites (tertiary alicyclic amines) is 1. The predicted octanol–water partition coefficient (Wildman–Crippen LogP) is 1.69. The van der Waals surface area contributed by atoms with Crippen molar-refractivity contribution in [3.8, 4) is 0 Å². The van der Waals surface area contributed by atoms with Crippen LogP contribution in [-0.2, 0) is 23.1 Å². The third-order valence-corrected chi connectivity index (χ3v) is 6.23. The number of hydrogen-bond donors (Lipinski definition) is 0. The second-order valence-corrected chi connectivity index (χ2v) is 9.61. The van der Waals surface area contributed by atoms with Crippen LogP contribution in [0.3, 0.4) is 0 Å². The van der Waals surface area contributed by atoms with E-state index >= 15 is 0 Å². The van der Waals surface area contributed by atoms with Crippen LogP contribution in [0.15, 0.2) is 16.5 Å². The average Bonchev–Trinajstić information content (AvgIpc) is 3.05. The van der Waals surface area contributed by atoms with Gasteiger partial charge in [0.25, 0.3) is 0 Å². The molecule has 0 spiro atoms. The van der Waals surface area contributed by atoms with E-state index in [9.17, 15) is 8.42 Å². The maximum absolute atomic E-state index is 11.5. The second kappa shape index (κ2) is 7.56. The number of hydrogen-bond acceptors (Lipinski definition) is 5. The zero-order valence-electron chi connectivity index (χ0n) is 15.7. The minimum absolute atomic E-state index is 0.272. The molecule has 0 radical (unpaired) electrons. The van der Waals surface area contributed by atoms with Crippen LogP contribution in [-0.4, -0.2) is 69.1 Å². The highest BCUT2D eigenvalue weighted by atomic mass is 32.2. The van der Waals surface area contributed by atoms with E-state index in [0.29, 0.717) is 23.6 Å². The van der Waals surface area contributed by atoms with Gasteiger partial charge < -0.3 is 9.32 Å². The zero-order valence-corrected chi connectivity index (χ0v) is 16.5. The van der Waals surface area contributed by atoms with Crippen molar-refractivity contribution in [1.29, 1.82) is 0 Å². The molecule has 6 nitrogen and oxygen atoms in total. The van der Waals surface area contributed by atoms with E-state index in [1.54, 1.807) is 7.05 Å². The topological polar surface area (TPSA) is 57.0 Å². The molecule has 1 aliphatic heterocycles. The lowest BCUT2D eigenvalue weighted by molar-refractivity contribution is 0.215. The Balaban J connectivity index is 1.98. The molecule has 0 aromatic carbocycles. The van der Waals surface area contributed by atoms with Crippen molar-refractivity contribution < 1.29 is 12.8 Å². The first-order chi connectivity index (χ1) is 11.1. The highest BCUT2D eigenvalue weighted by Crippen LogP contribution is 2.28. The van der Waals surface area contributed by atoms with Crippen molar-refractivity contribution in [1.82, 2.24) is 14.1 Å². The molecule has 2 atom stereocenters. The van der Waals surface area contributed by atoms with E-state index < -0.39 is 10.0 Å². The summed E-state index contributed by atoms with van der Waals surface area (Å²) in [6, 6.07) is 4.39. The monoisotopic (exact) mass is 357 g/mol. The van der Waals surface area contributed by atoms with Crippen LogP contribution in [0.2, 0.25) is 0 Å². The molecule has 0 saturated carbocycles. The van der Waals surface area contributed by atoms with Gasteiger partial charge in [-0.3, -0.25) is 4.90 Å². The quantitative estimate of drug-likeness (QED) is 0.743. The molecular formula is C17H31N3O3S. The Kier molecular flexibility index (Phi) is 6.12. The van der Waals surface area contributed by atoms with Crippen molar-refractivity contribution >= 4 is 10.0 Å². The highest BCUT2D eigenvalue weighted by molar-refractivity contribution is 7.88. The minimum Gasteiger partial charge on any atom is -0.463 e. The molecule has 1 saturated heterocycles. The Morgan fingerprint density at radius 3 is 2.33 bits per heavy atom. The first kappa shape index (κ1) is 19.4. The fraction of sp³-hybridized carbons (Fsp3) is 0.765. The normalized spacial score (nSPS) is 23.0. The van der Waals surface area contributed by atoms with Crippen LogP contribution >= 0.6 is 0 Å². The van der Waals surface area contributed by atoms with Gasteiger partial charge in [0.1, 0.15) is 11.5 Å². The Bertz CT molecular complexity index is 623. The number of nitrogens with zero attached hydrogens (tertiary/aromatic N) is 3. The lowest BCUT2D eigenvalue weighted by atomic mass is 9.91. The summed E-state index contributed by atoms with van der Waals surface area (Å²) in [7, 11) is 2.67. The standard InChI is InChI=1S/C17H31N3O3S/c1-13(2)16-11-20(12-17(16)18(3)4)10-15-8-7-14(23-15)9-19(5)24(6,21)22/h7-8,13,16-17H,9-12H2,1-6H3/t16-,17+/m0/s1. The average molecular weight is 358 g/mol. The molecule has 0 aliphatic carbocycles. The summed E-state index contributed by atoms with van der Waals surface area (Å²) in [6.45, 7) is 7.73. The van der Waals surface area contributed by atoms with Gasteiger partial charge in [-0.2, -0.15) is 4.31 Å². The second-order valence-electron chi connectivity index (χ2n) is 7.52. The molecule has 1 aromatic heterocycles. The predicted molar refractivity (Wildman–Crippen MR) is 96.1 cm³/mol. The van der Waals surface area contributed by atoms with Gasteiger partial charge in [-0.05, 0) is 38.1 Å². The summed E-state index contributed by atoms with van der Waals surface area (Å²) in [6.07, 6.45) is 1.20. The van der Waals surface area contributed by atoms with Crippen molar-refractivity contribution in [2.75, 3.05) is 40.5 Å². The summed E-state index contributed by atoms with van der Waals surface area (Å²) in [5.74, 6) is 2.89. The Morgan fingerprint density at radius 2 is 1.83 bits per heavy atom. The van der Waals surface area contributed by atoms with Gasteiger partial charge in [0, 0.05) is 26.2 Å². The van der Waals surface area contributed by atoms with E-state index in [1.165, 1.54) is 10.6 Å². The Hall–Kier alpha value is -0.890. The third kappa shape index (κ3) is 4.81. The molecule has 2 rings (SSSR count). The van der Waals surface area contributed by atoms with Crippen LogP contribution in [0.5, 0.6) is 0 Å². The van der Waals surface area contributed by atoms with Crippen LogP contribution in [0.1, 0.15) is 25.4 Å². The maximum atomic E-state index is 11.5. The molecule has 1 aromatic rings. The summed E-state index contributed by atoms with van der Waals surface area (Å²) in [5.41, 5.74) is 0. The van der Waals surface area contributed by atoms with Crippen LogP contribution in [0, 0.1) is 11.8 Å². The summed E-state index contributed by atoms with van der Waals surface area (Å²) in [4.78, 5) is 4.75. The Labute approximate surface area is 146 Å². The summed E-state index contributed by atoms with van der Waals surface area (Å²) < 4.78 is 30.1. The molecule has 1 fully saturated rings. The fourth-order valence-corrected chi connectivity index (χ4v) is 3.74. The molecule has 24 heavy (non-hydrogen) atoms. The Morgan fingerprint density at radius 1 is 1.21 bits per heavy atom. The van der Waals surface area contributed by atoms with Gasteiger partial charge in [-0.15, -0.1) is 0 Å². The van der Waals surface area contributed by atoms with E-state index in [1.807, 2.05) is 12.1 Å². The number of furan rings is 1. The zero-order chi connectivity index (χ0) is 18.1. The number of likely N-dealkylation sites (N-methyl/N-ethyl adjacent to an activating group) is 1. The molecule has 1 aliphatic rings. The van der Waals surface area contributed by atoms with Gasteiger partial charge in [-0.25, -0.2) is 8.42 Å².